The van der Waals surface area contributed by atoms with Crippen molar-refractivity contribution in [2.45, 2.75) is 25.5 Å². The van der Waals surface area contributed by atoms with E-state index >= 15 is 0 Å². The molecule has 150 valence electrons. The van der Waals surface area contributed by atoms with Crippen LogP contribution in [0.1, 0.15) is 17.0 Å². The Balaban J connectivity index is 1.64. The lowest BCUT2D eigenvalue weighted by Crippen LogP contribution is -2.19. The van der Waals surface area contributed by atoms with Crippen LogP contribution >= 0.6 is 11.8 Å². The second-order valence-electron chi connectivity index (χ2n) is 6.32. The SMILES string of the molecule is COC(=O)Cn1cc(C=NNC(=O)CSc2nc(C)cc(C)n2)c2ccccc21. The third-order valence-electron chi connectivity index (χ3n) is 4.03. The first-order chi connectivity index (χ1) is 14.0. The largest absolute Gasteiger partial charge is 0.468 e. The molecule has 9 heteroatoms. The summed E-state index contributed by atoms with van der Waals surface area (Å²) >= 11 is 1.26. The van der Waals surface area contributed by atoms with Crippen LogP contribution < -0.4 is 5.43 Å². The Morgan fingerprint density at radius 1 is 1.24 bits per heavy atom. The van der Waals surface area contributed by atoms with Gasteiger partial charge in [-0.15, -0.1) is 0 Å². The highest BCUT2D eigenvalue weighted by molar-refractivity contribution is 7.99. The van der Waals surface area contributed by atoms with Crippen molar-refractivity contribution < 1.29 is 14.3 Å². The number of benzene rings is 1. The highest BCUT2D eigenvalue weighted by Gasteiger charge is 2.10. The maximum Gasteiger partial charge on any atom is 0.325 e. The zero-order chi connectivity index (χ0) is 20.8. The predicted octanol–water partition coefficient (Wildman–Crippen LogP) is 2.46. The van der Waals surface area contributed by atoms with Crippen molar-refractivity contribution in [1.29, 1.82) is 0 Å². The number of methoxy groups -OCH3 is 1. The molecule has 29 heavy (non-hydrogen) atoms. The monoisotopic (exact) mass is 411 g/mol. The van der Waals surface area contributed by atoms with Gasteiger partial charge in [-0.05, 0) is 26.0 Å². The number of amides is 1. The number of ether oxygens (including phenoxy) is 1. The maximum absolute atomic E-state index is 12.1. The number of nitrogens with zero attached hydrogens (tertiary/aromatic N) is 4. The fourth-order valence-corrected chi connectivity index (χ4v) is 3.55. The number of rotatable bonds is 7. The highest BCUT2D eigenvalue weighted by atomic mass is 32.2. The number of hydrazone groups is 1. The van der Waals surface area contributed by atoms with Gasteiger partial charge in [-0.1, -0.05) is 30.0 Å². The molecule has 1 amide bonds. The van der Waals surface area contributed by atoms with E-state index in [1.54, 1.807) is 17.0 Å². The number of carbonyl (C=O) groups is 2. The lowest BCUT2D eigenvalue weighted by molar-refractivity contribution is -0.141. The Morgan fingerprint density at radius 3 is 2.69 bits per heavy atom. The van der Waals surface area contributed by atoms with Crippen LogP contribution in [0, 0.1) is 13.8 Å². The molecule has 0 aliphatic rings. The number of nitrogens with one attached hydrogen (secondary N) is 1. The number of fused-ring (bicyclic) bond motifs is 1. The Hall–Kier alpha value is -3.20. The van der Waals surface area contributed by atoms with Crippen molar-refractivity contribution >= 4 is 40.8 Å². The topological polar surface area (TPSA) is 98.5 Å². The van der Waals surface area contributed by atoms with Crippen LogP contribution in [0.2, 0.25) is 0 Å². The van der Waals surface area contributed by atoms with E-state index in [0.717, 1.165) is 27.9 Å². The van der Waals surface area contributed by atoms with E-state index in [0.29, 0.717) is 5.16 Å². The van der Waals surface area contributed by atoms with Crippen molar-refractivity contribution in [2.24, 2.45) is 5.10 Å². The molecular formula is C20H21N5O3S. The Labute approximate surface area is 172 Å². The molecule has 0 aliphatic heterocycles. The fourth-order valence-electron chi connectivity index (χ4n) is 2.81. The quantitative estimate of drug-likeness (QED) is 0.211. The van der Waals surface area contributed by atoms with Crippen molar-refractivity contribution in [3.8, 4) is 0 Å². The molecule has 2 aromatic heterocycles. The molecular weight excluding hydrogens is 390 g/mol. The minimum absolute atomic E-state index is 0.101. The molecule has 2 heterocycles. The summed E-state index contributed by atoms with van der Waals surface area (Å²) in [6, 6.07) is 9.52. The van der Waals surface area contributed by atoms with Crippen LogP contribution in [0.4, 0.5) is 0 Å². The molecule has 1 aromatic carbocycles. The molecule has 0 spiro atoms. The third kappa shape index (κ3) is 5.41. The van der Waals surface area contributed by atoms with E-state index in [1.807, 2.05) is 44.2 Å². The number of para-hydroxylation sites is 1. The normalized spacial score (nSPS) is 11.1. The standard InChI is InChI=1S/C20H21N5O3S/c1-13-8-14(2)23-20(22-13)29-12-18(26)24-21-9-15-10-25(11-19(27)28-3)17-7-5-4-6-16(15)17/h4-10H,11-12H2,1-3H3,(H,24,26). The number of hydrogen-bond donors (Lipinski definition) is 1. The van der Waals surface area contributed by atoms with Crippen LogP contribution in [-0.2, 0) is 20.9 Å². The van der Waals surface area contributed by atoms with Gasteiger partial charge in [-0.25, -0.2) is 15.4 Å². The van der Waals surface area contributed by atoms with Crippen LogP contribution in [0.25, 0.3) is 10.9 Å². The predicted molar refractivity (Wildman–Crippen MR) is 112 cm³/mol. The van der Waals surface area contributed by atoms with Gasteiger partial charge in [0.2, 0.25) is 0 Å². The summed E-state index contributed by atoms with van der Waals surface area (Å²) in [5, 5.41) is 5.53. The van der Waals surface area contributed by atoms with Gasteiger partial charge in [0.05, 0.1) is 19.1 Å². The van der Waals surface area contributed by atoms with E-state index in [1.165, 1.54) is 18.9 Å². The van der Waals surface area contributed by atoms with Crippen LogP contribution in [-0.4, -0.2) is 45.5 Å². The van der Waals surface area contributed by atoms with Crippen molar-refractivity contribution in [3.05, 3.63) is 53.5 Å². The molecule has 8 nitrogen and oxygen atoms in total. The van der Waals surface area contributed by atoms with Gasteiger partial charge in [0.25, 0.3) is 5.91 Å². The summed E-state index contributed by atoms with van der Waals surface area (Å²) in [4.78, 5) is 32.3. The number of carbonyl (C=O) groups excluding carboxylic acids is 2. The number of aryl methyl sites for hydroxylation is 2. The minimum atomic E-state index is -0.340. The van der Waals surface area contributed by atoms with E-state index in [9.17, 15) is 9.59 Å². The molecule has 0 fully saturated rings. The summed E-state index contributed by atoms with van der Waals surface area (Å²) in [6.07, 6.45) is 3.36. The van der Waals surface area contributed by atoms with E-state index in [2.05, 4.69) is 20.5 Å². The summed E-state index contributed by atoms with van der Waals surface area (Å²) in [6.45, 7) is 3.88. The number of hydrogen-bond acceptors (Lipinski definition) is 7. The van der Waals surface area contributed by atoms with E-state index in [-0.39, 0.29) is 24.2 Å². The molecule has 0 radical (unpaired) electrons. The molecule has 3 rings (SSSR count). The summed E-state index contributed by atoms with van der Waals surface area (Å²) in [7, 11) is 1.35. The third-order valence-corrected chi connectivity index (χ3v) is 4.88. The van der Waals surface area contributed by atoms with Crippen LogP contribution in [0.15, 0.2) is 46.8 Å². The second kappa shape index (κ2) is 9.33. The molecule has 1 N–H and O–H groups in total. The fraction of sp³-hybridized carbons (Fsp3) is 0.250. The Morgan fingerprint density at radius 2 is 1.97 bits per heavy atom. The van der Waals surface area contributed by atoms with Gasteiger partial charge < -0.3 is 9.30 Å². The van der Waals surface area contributed by atoms with Gasteiger partial charge in [-0.2, -0.15) is 5.10 Å². The average Bonchev–Trinajstić information content (AvgIpc) is 3.03. The summed E-state index contributed by atoms with van der Waals surface area (Å²) in [5.74, 6) is -0.440. The molecule has 0 atom stereocenters. The maximum atomic E-state index is 12.1. The molecule has 0 aliphatic carbocycles. The zero-order valence-electron chi connectivity index (χ0n) is 16.4. The molecule has 0 saturated heterocycles. The van der Waals surface area contributed by atoms with Gasteiger partial charge in [-0.3, -0.25) is 9.59 Å². The van der Waals surface area contributed by atoms with Crippen molar-refractivity contribution in [1.82, 2.24) is 20.0 Å². The molecule has 0 saturated carbocycles. The van der Waals surface area contributed by atoms with Crippen LogP contribution in [0.5, 0.6) is 0 Å². The lowest BCUT2D eigenvalue weighted by Gasteiger charge is -2.02. The zero-order valence-corrected chi connectivity index (χ0v) is 17.2. The van der Waals surface area contributed by atoms with E-state index in [4.69, 9.17) is 4.74 Å². The Bertz CT molecular complexity index is 1060. The average molecular weight is 411 g/mol. The van der Waals surface area contributed by atoms with Crippen molar-refractivity contribution in [2.75, 3.05) is 12.9 Å². The first kappa shape index (κ1) is 20.5. The second-order valence-corrected chi connectivity index (χ2v) is 7.26. The van der Waals surface area contributed by atoms with Gasteiger partial charge >= 0.3 is 5.97 Å². The van der Waals surface area contributed by atoms with Gasteiger partial charge in [0.1, 0.15) is 6.54 Å². The number of thioether (sulfide) groups is 1. The van der Waals surface area contributed by atoms with Gasteiger partial charge in [0, 0.05) is 34.1 Å². The smallest absolute Gasteiger partial charge is 0.325 e. The molecule has 0 unspecified atom stereocenters. The van der Waals surface area contributed by atoms with Crippen LogP contribution in [0.3, 0.4) is 0 Å². The highest BCUT2D eigenvalue weighted by Crippen LogP contribution is 2.20. The molecule has 0 bridgehead atoms. The Kier molecular flexibility index (Phi) is 6.61. The minimum Gasteiger partial charge on any atom is -0.468 e. The lowest BCUT2D eigenvalue weighted by atomic mass is 10.2. The summed E-state index contributed by atoms with van der Waals surface area (Å²) < 4.78 is 6.53. The first-order valence-electron chi connectivity index (χ1n) is 8.88. The van der Waals surface area contributed by atoms with Gasteiger partial charge in [0.15, 0.2) is 5.16 Å². The number of esters is 1. The van der Waals surface area contributed by atoms with Crippen molar-refractivity contribution in [3.63, 3.8) is 0 Å². The molecule has 3 aromatic rings. The first-order valence-corrected chi connectivity index (χ1v) is 9.86. The number of aromatic nitrogens is 3. The van der Waals surface area contributed by atoms with E-state index < -0.39 is 0 Å². The summed E-state index contributed by atoms with van der Waals surface area (Å²) in [5.41, 5.74) is 5.90.